The summed E-state index contributed by atoms with van der Waals surface area (Å²) in [7, 11) is 1.87. The van der Waals surface area contributed by atoms with Crippen molar-refractivity contribution in [2.24, 2.45) is 12.1 Å². The van der Waals surface area contributed by atoms with E-state index in [9.17, 15) is 4.79 Å². The minimum Gasteiger partial charge on any atom is -0.305 e. The molecule has 1 aromatic heterocycles. The molecule has 0 spiro atoms. The van der Waals surface area contributed by atoms with Crippen LogP contribution < -0.4 is 5.43 Å². The zero-order chi connectivity index (χ0) is 20.6. The molecule has 0 bridgehead atoms. The summed E-state index contributed by atoms with van der Waals surface area (Å²) in [6.45, 7) is 1.91. The van der Waals surface area contributed by atoms with E-state index < -0.39 is 0 Å². The van der Waals surface area contributed by atoms with Gasteiger partial charge in [0.1, 0.15) is 0 Å². The summed E-state index contributed by atoms with van der Waals surface area (Å²) in [5.41, 5.74) is 5.66. The lowest BCUT2D eigenvalue weighted by Crippen LogP contribution is -2.21. The Hall–Kier alpha value is -2.64. The average Bonchev–Trinajstić information content (AvgIpc) is 3.11. The van der Waals surface area contributed by atoms with Crippen LogP contribution >= 0.6 is 23.4 Å². The van der Waals surface area contributed by atoms with Crippen molar-refractivity contribution < 1.29 is 4.79 Å². The van der Waals surface area contributed by atoms with E-state index in [0.29, 0.717) is 10.2 Å². The number of aromatic nitrogens is 3. The first-order valence-corrected chi connectivity index (χ1v) is 10.5. The van der Waals surface area contributed by atoms with Crippen LogP contribution in [0.2, 0.25) is 5.02 Å². The number of aryl methyl sites for hydroxylation is 1. The highest BCUT2D eigenvalue weighted by Crippen LogP contribution is 2.23. The third-order valence-corrected chi connectivity index (χ3v) is 5.53. The summed E-state index contributed by atoms with van der Waals surface area (Å²) >= 11 is 7.25. The zero-order valence-electron chi connectivity index (χ0n) is 16.3. The van der Waals surface area contributed by atoms with Crippen LogP contribution in [-0.4, -0.2) is 32.1 Å². The van der Waals surface area contributed by atoms with E-state index in [4.69, 9.17) is 11.6 Å². The summed E-state index contributed by atoms with van der Waals surface area (Å²) in [4.78, 5) is 12.1. The lowest BCUT2D eigenvalue weighted by Gasteiger charge is -2.05. The molecular formula is C21H22ClN5OS. The predicted octanol–water partition coefficient (Wildman–Crippen LogP) is 4.35. The van der Waals surface area contributed by atoms with Gasteiger partial charge in [-0.05, 0) is 49.6 Å². The number of rotatable bonds is 8. The quantitative estimate of drug-likeness (QED) is 0.329. The van der Waals surface area contributed by atoms with Crippen molar-refractivity contribution in [1.82, 2.24) is 20.2 Å². The number of carbonyl (C=O) groups excluding carboxylic acids is 1. The minimum atomic E-state index is -0.176. The van der Waals surface area contributed by atoms with Crippen molar-refractivity contribution in [2.75, 3.05) is 5.75 Å². The van der Waals surface area contributed by atoms with E-state index in [1.54, 1.807) is 0 Å². The monoisotopic (exact) mass is 427 g/mol. The highest BCUT2D eigenvalue weighted by molar-refractivity contribution is 7.99. The van der Waals surface area contributed by atoms with E-state index in [0.717, 1.165) is 29.9 Å². The van der Waals surface area contributed by atoms with Gasteiger partial charge in [0.05, 0.1) is 5.75 Å². The van der Waals surface area contributed by atoms with Gasteiger partial charge in [-0.1, -0.05) is 53.7 Å². The van der Waals surface area contributed by atoms with Crippen LogP contribution in [0.15, 0.2) is 64.9 Å². The maximum Gasteiger partial charge on any atom is 0.250 e. The molecule has 8 heteroatoms. The van der Waals surface area contributed by atoms with E-state index in [-0.39, 0.29) is 11.7 Å². The Labute approximate surface area is 179 Å². The molecule has 0 aliphatic heterocycles. The maximum absolute atomic E-state index is 12.1. The third-order valence-electron chi connectivity index (χ3n) is 4.26. The number of benzene rings is 2. The fourth-order valence-corrected chi connectivity index (χ4v) is 3.47. The molecule has 0 fully saturated rings. The first-order valence-electron chi connectivity index (χ1n) is 9.17. The van der Waals surface area contributed by atoms with Gasteiger partial charge < -0.3 is 4.57 Å². The Kier molecular flexibility index (Phi) is 7.43. The first kappa shape index (κ1) is 21.1. The van der Waals surface area contributed by atoms with Crippen molar-refractivity contribution in [1.29, 1.82) is 0 Å². The van der Waals surface area contributed by atoms with Crippen molar-refractivity contribution in [3.63, 3.8) is 0 Å². The van der Waals surface area contributed by atoms with Gasteiger partial charge in [-0.15, -0.1) is 10.2 Å². The van der Waals surface area contributed by atoms with E-state index in [1.807, 2.05) is 61.0 Å². The largest absolute Gasteiger partial charge is 0.305 e. The minimum absolute atomic E-state index is 0.176. The summed E-state index contributed by atoms with van der Waals surface area (Å²) in [6, 6.07) is 17.6. The van der Waals surface area contributed by atoms with Gasteiger partial charge >= 0.3 is 0 Å². The summed E-state index contributed by atoms with van der Waals surface area (Å²) in [5, 5.41) is 13.9. The molecule has 3 rings (SSSR count). The molecule has 0 aliphatic rings. The molecule has 1 N–H and O–H groups in total. The third kappa shape index (κ3) is 6.17. The van der Waals surface area contributed by atoms with Gasteiger partial charge in [-0.2, -0.15) is 5.10 Å². The summed E-state index contributed by atoms with van der Waals surface area (Å²) < 4.78 is 1.86. The Bertz CT molecular complexity index is 986. The summed E-state index contributed by atoms with van der Waals surface area (Å²) in [6.07, 6.45) is 1.69. The number of thioether (sulfide) groups is 1. The maximum atomic E-state index is 12.1. The average molecular weight is 428 g/mol. The number of halogens is 1. The topological polar surface area (TPSA) is 72.2 Å². The van der Waals surface area contributed by atoms with Gasteiger partial charge in [0.25, 0.3) is 5.91 Å². The lowest BCUT2D eigenvalue weighted by molar-refractivity contribution is -0.118. The van der Waals surface area contributed by atoms with Gasteiger partial charge in [0.2, 0.25) is 0 Å². The number of nitrogens with zero attached hydrogens (tertiary/aromatic N) is 4. The molecule has 2 aromatic carbocycles. The molecule has 0 aliphatic carbocycles. The number of nitrogens with one attached hydrogen (secondary N) is 1. The first-order chi connectivity index (χ1) is 14.0. The molecule has 1 amide bonds. The molecule has 0 unspecified atom stereocenters. The van der Waals surface area contributed by atoms with Crippen LogP contribution in [0.4, 0.5) is 0 Å². The number of hydrogen-bond acceptors (Lipinski definition) is 5. The molecule has 3 aromatic rings. The van der Waals surface area contributed by atoms with E-state index in [1.165, 1.54) is 17.3 Å². The standard InChI is InChI=1S/C21H22ClN5OS/c1-15(8-9-16-6-4-3-5-7-16)23-24-19(28)14-29-21-26-25-20(27(21)2)17-10-12-18(22)13-11-17/h3-7,10-13H,8-9,14H2,1-2H3,(H,24,28)/b23-15+. The molecule has 0 radical (unpaired) electrons. The predicted molar refractivity (Wildman–Crippen MR) is 118 cm³/mol. The SMILES string of the molecule is C/C(CCc1ccccc1)=N\NC(=O)CSc1nnc(-c2ccc(Cl)cc2)n1C. The fourth-order valence-electron chi connectivity index (χ4n) is 2.64. The number of hydrazone groups is 1. The zero-order valence-corrected chi connectivity index (χ0v) is 17.9. The molecule has 6 nitrogen and oxygen atoms in total. The Morgan fingerprint density at radius 2 is 1.86 bits per heavy atom. The second kappa shape index (κ2) is 10.2. The molecular weight excluding hydrogens is 406 g/mol. The molecule has 29 heavy (non-hydrogen) atoms. The van der Waals surface area contributed by atoms with Gasteiger partial charge in [0, 0.05) is 23.3 Å². The Morgan fingerprint density at radius 1 is 1.14 bits per heavy atom. The second-order valence-electron chi connectivity index (χ2n) is 6.53. The summed E-state index contributed by atoms with van der Waals surface area (Å²) in [5.74, 6) is 0.756. The second-order valence-corrected chi connectivity index (χ2v) is 7.91. The van der Waals surface area contributed by atoms with Crippen LogP contribution in [0.5, 0.6) is 0 Å². The molecule has 0 atom stereocenters. The number of amides is 1. The fraction of sp³-hybridized carbons (Fsp3) is 0.238. The van der Waals surface area contributed by atoms with Crippen LogP contribution in [0.25, 0.3) is 11.4 Å². The van der Waals surface area contributed by atoms with E-state index in [2.05, 4.69) is 32.9 Å². The van der Waals surface area contributed by atoms with Crippen LogP contribution in [0.1, 0.15) is 18.9 Å². The van der Waals surface area contributed by atoms with Crippen LogP contribution in [-0.2, 0) is 18.3 Å². The lowest BCUT2D eigenvalue weighted by atomic mass is 10.1. The number of hydrogen-bond donors (Lipinski definition) is 1. The van der Waals surface area contributed by atoms with Crippen molar-refractivity contribution in [3.05, 3.63) is 65.2 Å². The molecule has 0 saturated heterocycles. The molecule has 0 saturated carbocycles. The highest BCUT2D eigenvalue weighted by atomic mass is 35.5. The van der Waals surface area contributed by atoms with Crippen molar-refractivity contribution in [2.45, 2.75) is 24.9 Å². The highest BCUT2D eigenvalue weighted by Gasteiger charge is 2.12. The normalized spacial score (nSPS) is 11.5. The number of carbonyl (C=O) groups is 1. The van der Waals surface area contributed by atoms with Gasteiger partial charge in [0.15, 0.2) is 11.0 Å². The van der Waals surface area contributed by atoms with Gasteiger partial charge in [-0.25, -0.2) is 5.43 Å². The van der Waals surface area contributed by atoms with E-state index >= 15 is 0 Å². The molecule has 1 heterocycles. The Morgan fingerprint density at radius 3 is 2.59 bits per heavy atom. The van der Waals surface area contributed by atoms with Crippen LogP contribution in [0.3, 0.4) is 0 Å². The van der Waals surface area contributed by atoms with Crippen molar-refractivity contribution in [3.8, 4) is 11.4 Å². The molecule has 150 valence electrons. The Balaban J connectivity index is 1.48. The van der Waals surface area contributed by atoms with Crippen molar-refractivity contribution >= 4 is 35.0 Å². The van der Waals surface area contributed by atoms with Crippen LogP contribution in [0, 0.1) is 0 Å². The smallest absolute Gasteiger partial charge is 0.250 e. The van der Waals surface area contributed by atoms with Gasteiger partial charge in [-0.3, -0.25) is 4.79 Å².